The first-order valence-corrected chi connectivity index (χ1v) is 6.40. The van der Waals surface area contributed by atoms with E-state index in [-0.39, 0.29) is 18.1 Å². The van der Waals surface area contributed by atoms with Crippen LogP contribution in [0.4, 0.5) is 4.39 Å². The average Bonchev–Trinajstić information content (AvgIpc) is 2.37. The fourth-order valence-corrected chi connectivity index (χ4v) is 2.27. The minimum Gasteiger partial charge on any atom is -0.370 e. The van der Waals surface area contributed by atoms with Gasteiger partial charge >= 0.3 is 0 Å². The summed E-state index contributed by atoms with van der Waals surface area (Å²) in [5, 5.41) is 0. The molecule has 0 radical (unpaired) electrons. The maximum absolute atomic E-state index is 13.1. The van der Waals surface area contributed by atoms with Gasteiger partial charge in [0.2, 0.25) is 0 Å². The van der Waals surface area contributed by atoms with E-state index in [9.17, 15) is 9.18 Å². The molecule has 0 bridgehead atoms. The van der Waals surface area contributed by atoms with Gasteiger partial charge in [0, 0.05) is 18.7 Å². The van der Waals surface area contributed by atoms with E-state index in [2.05, 4.69) is 0 Å². The fourth-order valence-electron chi connectivity index (χ4n) is 2.10. The molecule has 0 saturated carbocycles. The predicted molar refractivity (Wildman–Crippen MR) is 67.4 cm³/mol. The molecule has 2 atom stereocenters. The Morgan fingerprint density at radius 1 is 1.56 bits per heavy atom. The largest absolute Gasteiger partial charge is 0.370 e. The normalized spacial score (nSPS) is 24.1. The first kappa shape index (κ1) is 13.3. The summed E-state index contributed by atoms with van der Waals surface area (Å²) < 4.78 is 18.7. The van der Waals surface area contributed by atoms with E-state index in [0.29, 0.717) is 24.5 Å². The zero-order chi connectivity index (χ0) is 13.1. The van der Waals surface area contributed by atoms with Crippen LogP contribution in [-0.2, 0) is 4.74 Å². The molecule has 2 rings (SSSR count). The highest BCUT2D eigenvalue weighted by molar-refractivity contribution is 6.18. The molecule has 1 fully saturated rings. The molecule has 1 aliphatic rings. The lowest BCUT2D eigenvalue weighted by Crippen LogP contribution is -2.49. The number of carbonyl (C=O) groups is 1. The molecule has 98 valence electrons. The highest BCUT2D eigenvalue weighted by Crippen LogP contribution is 2.16. The molecule has 3 nitrogen and oxygen atoms in total. The van der Waals surface area contributed by atoms with Crippen LogP contribution < -0.4 is 0 Å². The summed E-state index contributed by atoms with van der Waals surface area (Å²) in [4.78, 5) is 13.9. The van der Waals surface area contributed by atoms with Crippen LogP contribution in [0.3, 0.4) is 0 Å². The molecular formula is C13H15ClFNO2. The minimum atomic E-state index is -0.406. The number of nitrogens with zero attached hydrogens (tertiary/aromatic N) is 1. The second-order valence-electron chi connectivity index (χ2n) is 4.44. The zero-order valence-electron chi connectivity index (χ0n) is 10.1. The Morgan fingerprint density at radius 2 is 2.33 bits per heavy atom. The minimum absolute atomic E-state index is 0.0555. The molecule has 0 aromatic heterocycles. The number of amides is 1. The Bertz CT molecular complexity index is 441. The van der Waals surface area contributed by atoms with Gasteiger partial charge in [-0.05, 0) is 25.1 Å². The number of hydrogen-bond donors (Lipinski definition) is 0. The van der Waals surface area contributed by atoms with Gasteiger partial charge in [-0.15, -0.1) is 11.6 Å². The van der Waals surface area contributed by atoms with Crippen molar-refractivity contribution in [3.05, 3.63) is 35.6 Å². The summed E-state index contributed by atoms with van der Waals surface area (Å²) in [5.74, 6) is -0.243. The van der Waals surface area contributed by atoms with E-state index < -0.39 is 5.82 Å². The summed E-state index contributed by atoms with van der Waals surface area (Å²) >= 11 is 5.76. The Labute approximate surface area is 110 Å². The molecule has 0 N–H and O–H groups in total. The Hall–Kier alpha value is -1.13. The molecule has 2 unspecified atom stereocenters. The summed E-state index contributed by atoms with van der Waals surface area (Å²) in [6.45, 7) is 2.84. The van der Waals surface area contributed by atoms with E-state index in [1.807, 2.05) is 6.92 Å². The van der Waals surface area contributed by atoms with Crippen molar-refractivity contribution in [1.82, 2.24) is 4.90 Å². The van der Waals surface area contributed by atoms with E-state index in [4.69, 9.17) is 16.3 Å². The number of carbonyl (C=O) groups excluding carboxylic acids is 1. The third-order valence-corrected chi connectivity index (χ3v) is 3.20. The highest BCUT2D eigenvalue weighted by Gasteiger charge is 2.28. The summed E-state index contributed by atoms with van der Waals surface area (Å²) in [5.41, 5.74) is 0.359. The van der Waals surface area contributed by atoms with Crippen molar-refractivity contribution in [3.8, 4) is 0 Å². The first-order valence-electron chi connectivity index (χ1n) is 5.86. The monoisotopic (exact) mass is 271 g/mol. The van der Waals surface area contributed by atoms with Crippen LogP contribution in [0.2, 0.25) is 0 Å². The molecule has 1 aromatic carbocycles. The molecule has 1 aromatic rings. The summed E-state index contributed by atoms with van der Waals surface area (Å²) in [6.07, 6.45) is -0.215. The van der Waals surface area contributed by atoms with Crippen molar-refractivity contribution in [3.63, 3.8) is 0 Å². The number of ether oxygens (including phenoxy) is 1. The van der Waals surface area contributed by atoms with Crippen molar-refractivity contribution in [2.75, 3.05) is 19.0 Å². The van der Waals surface area contributed by atoms with Crippen molar-refractivity contribution in [2.45, 2.75) is 19.1 Å². The Balaban J connectivity index is 2.13. The van der Waals surface area contributed by atoms with Crippen LogP contribution in [0.5, 0.6) is 0 Å². The van der Waals surface area contributed by atoms with Crippen molar-refractivity contribution >= 4 is 17.5 Å². The number of benzene rings is 1. The third kappa shape index (κ3) is 3.00. The van der Waals surface area contributed by atoms with Gasteiger partial charge in [-0.2, -0.15) is 0 Å². The molecule has 1 heterocycles. The van der Waals surface area contributed by atoms with Crippen LogP contribution in [0.1, 0.15) is 17.3 Å². The van der Waals surface area contributed by atoms with Gasteiger partial charge in [-0.25, -0.2) is 4.39 Å². The summed E-state index contributed by atoms with van der Waals surface area (Å²) in [6, 6.07) is 5.71. The van der Waals surface area contributed by atoms with Crippen LogP contribution in [0.15, 0.2) is 24.3 Å². The van der Waals surface area contributed by atoms with Gasteiger partial charge in [0.05, 0.1) is 18.1 Å². The van der Waals surface area contributed by atoms with E-state index >= 15 is 0 Å². The molecule has 18 heavy (non-hydrogen) atoms. The average molecular weight is 272 g/mol. The van der Waals surface area contributed by atoms with E-state index in [1.165, 1.54) is 18.2 Å². The standard InChI is InChI=1S/C13H15ClFNO2/c1-9-7-16(8-12(6-14)18-9)13(17)10-3-2-4-11(15)5-10/h2-5,9,12H,6-8H2,1H3. The lowest BCUT2D eigenvalue weighted by molar-refractivity contribution is -0.0570. The molecule has 0 spiro atoms. The predicted octanol–water partition coefficient (Wildman–Crippen LogP) is 2.29. The van der Waals surface area contributed by atoms with Gasteiger partial charge in [0.25, 0.3) is 5.91 Å². The highest BCUT2D eigenvalue weighted by atomic mass is 35.5. The molecule has 1 aliphatic heterocycles. The van der Waals surface area contributed by atoms with E-state index in [1.54, 1.807) is 11.0 Å². The Morgan fingerprint density at radius 3 is 3.00 bits per heavy atom. The van der Waals surface area contributed by atoms with Crippen LogP contribution in [-0.4, -0.2) is 42.0 Å². The molecule has 1 amide bonds. The van der Waals surface area contributed by atoms with Gasteiger partial charge < -0.3 is 9.64 Å². The Kier molecular flexibility index (Phi) is 4.19. The molecule has 5 heteroatoms. The lowest BCUT2D eigenvalue weighted by Gasteiger charge is -2.36. The smallest absolute Gasteiger partial charge is 0.254 e. The maximum atomic E-state index is 13.1. The summed E-state index contributed by atoms with van der Waals surface area (Å²) in [7, 11) is 0. The molecular weight excluding hydrogens is 257 g/mol. The number of halogens is 2. The number of hydrogen-bond acceptors (Lipinski definition) is 2. The SMILES string of the molecule is CC1CN(C(=O)c2cccc(F)c2)CC(CCl)O1. The second kappa shape index (κ2) is 5.67. The van der Waals surface area contributed by atoms with Gasteiger partial charge in [-0.3, -0.25) is 4.79 Å². The van der Waals surface area contributed by atoms with E-state index in [0.717, 1.165) is 0 Å². The van der Waals surface area contributed by atoms with Crippen molar-refractivity contribution < 1.29 is 13.9 Å². The molecule has 0 aliphatic carbocycles. The van der Waals surface area contributed by atoms with Crippen LogP contribution in [0.25, 0.3) is 0 Å². The topological polar surface area (TPSA) is 29.5 Å². The van der Waals surface area contributed by atoms with Crippen molar-refractivity contribution in [2.24, 2.45) is 0 Å². The molecule has 1 saturated heterocycles. The fraction of sp³-hybridized carbons (Fsp3) is 0.462. The quantitative estimate of drug-likeness (QED) is 0.773. The number of morpholine rings is 1. The van der Waals surface area contributed by atoms with Crippen LogP contribution >= 0.6 is 11.6 Å². The van der Waals surface area contributed by atoms with Gasteiger partial charge in [-0.1, -0.05) is 6.07 Å². The zero-order valence-corrected chi connectivity index (χ0v) is 10.9. The number of rotatable bonds is 2. The van der Waals surface area contributed by atoms with Gasteiger partial charge in [0.1, 0.15) is 5.82 Å². The van der Waals surface area contributed by atoms with Crippen LogP contribution in [0, 0.1) is 5.82 Å². The first-order chi connectivity index (χ1) is 8.60. The third-order valence-electron chi connectivity index (χ3n) is 2.86. The number of alkyl halides is 1. The van der Waals surface area contributed by atoms with Gasteiger partial charge in [0.15, 0.2) is 0 Å². The second-order valence-corrected chi connectivity index (χ2v) is 4.75. The maximum Gasteiger partial charge on any atom is 0.254 e. The van der Waals surface area contributed by atoms with Crippen molar-refractivity contribution in [1.29, 1.82) is 0 Å². The lowest BCUT2D eigenvalue weighted by atomic mass is 10.1.